The van der Waals surface area contributed by atoms with Crippen LogP contribution in [0.1, 0.15) is 15.3 Å². The van der Waals surface area contributed by atoms with Gasteiger partial charge in [0, 0.05) is 25.8 Å². The summed E-state index contributed by atoms with van der Waals surface area (Å²) in [4.78, 5) is 4.16. The van der Waals surface area contributed by atoms with E-state index < -0.39 is 0 Å². The van der Waals surface area contributed by atoms with Crippen LogP contribution in [0.15, 0.2) is 24.1 Å². The van der Waals surface area contributed by atoms with Crippen molar-refractivity contribution in [1.29, 1.82) is 0 Å². The largest absolute Gasteiger partial charge is 0.143 e. The summed E-state index contributed by atoms with van der Waals surface area (Å²) in [6.07, 6.45) is 0. The molecule has 1 aliphatic rings. The maximum Gasteiger partial charge on any atom is 0.0436 e. The fraction of sp³-hybridized carbons (Fsp3) is 0.0909. The van der Waals surface area contributed by atoms with Crippen molar-refractivity contribution in [3.05, 3.63) is 39.4 Å². The molecule has 0 N–H and O–H groups in total. The Kier molecular flexibility index (Phi) is 1.35. The third-order valence-corrected chi connectivity index (χ3v) is 4.42. The van der Waals surface area contributed by atoms with Gasteiger partial charge in [-0.1, -0.05) is 6.58 Å². The number of rotatable bonds is 0. The zero-order valence-electron chi connectivity index (χ0n) is 7.26. The Hall–Kier alpha value is -0.860. The molecule has 2 aromatic rings. The summed E-state index contributed by atoms with van der Waals surface area (Å²) in [6, 6.07) is 4.44. The lowest BCUT2D eigenvalue weighted by Gasteiger charge is -1.91. The second-order valence-electron chi connectivity index (χ2n) is 3.24. The minimum absolute atomic E-state index is 1.21. The molecule has 3 rings (SSSR count). The first-order valence-electron chi connectivity index (χ1n) is 4.15. The van der Waals surface area contributed by atoms with Crippen molar-refractivity contribution in [2.75, 3.05) is 0 Å². The van der Waals surface area contributed by atoms with Gasteiger partial charge in [-0.15, -0.1) is 22.7 Å². The normalized spacial score (nSPS) is 13.2. The molecular weight excluding hydrogens is 196 g/mol. The zero-order chi connectivity index (χ0) is 9.00. The molecule has 64 valence electrons. The molecule has 2 heteroatoms. The van der Waals surface area contributed by atoms with E-state index in [9.17, 15) is 0 Å². The van der Waals surface area contributed by atoms with Crippen molar-refractivity contribution in [3.8, 4) is 10.4 Å². The Morgan fingerprint density at radius 1 is 1.23 bits per heavy atom. The zero-order valence-corrected chi connectivity index (χ0v) is 8.89. The first kappa shape index (κ1) is 7.54. The maximum atomic E-state index is 4.14. The number of thiophene rings is 2. The highest BCUT2D eigenvalue weighted by Crippen LogP contribution is 2.49. The molecule has 0 bridgehead atoms. The van der Waals surface area contributed by atoms with Crippen molar-refractivity contribution in [1.82, 2.24) is 0 Å². The Morgan fingerprint density at radius 2 is 2.08 bits per heavy atom. The Balaban J connectivity index is 2.41. The van der Waals surface area contributed by atoms with Crippen LogP contribution in [0, 0.1) is 6.92 Å². The molecule has 0 aliphatic heterocycles. The summed E-state index contributed by atoms with van der Waals surface area (Å²) in [5.74, 6) is 0. The Bertz CT molecular complexity index is 500. The fourth-order valence-corrected chi connectivity index (χ4v) is 3.80. The summed E-state index contributed by atoms with van der Waals surface area (Å²) in [7, 11) is 0. The molecule has 0 spiro atoms. The molecular formula is C11H8S2. The molecule has 0 saturated heterocycles. The van der Waals surface area contributed by atoms with E-state index in [2.05, 4.69) is 31.0 Å². The highest BCUT2D eigenvalue weighted by molar-refractivity contribution is 7.17. The molecule has 0 fully saturated rings. The lowest BCUT2D eigenvalue weighted by atomic mass is 10.2. The molecule has 0 unspecified atom stereocenters. The summed E-state index contributed by atoms with van der Waals surface area (Å²) >= 11 is 3.67. The van der Waals surface area contributed by atoms with E-state index >= 15 is 0 Å². The molecule has 0 amide bonds. The Morgan fingerprint density at radius 3 is 2.92 bits per heavy atom. The molecule has 0 nitrogen and oxygen atoms in total. The average molecular weight is 204 g/mol. The van der Waals surface area contributed by atoms with Gasteiger partial charge in [-0.3, -0.25) is 0 Å². The molecule has 2 aromatic heterocycles. The van der Waals surface area contributed by atoms with Gasteiger partial charge in [0.1, 0.15) is 0 Å². The molecule has 0 radical (unpaired) electrons. The van der Waals surface area contributed by atoms with Crippen LogP contribution in [-0.2, 0) is 0 Å². The Labute approximate surface area is 85.2 Å². The minimum atomic E-state index is 1.21. The lowest BCUT2D eigenvalue weighted by molar-refractivity contribution is 1.64. The van der Waals surface area contributed by atoms with Gasteiger partial charge >= 0.3 is 0 Å². The van der Waals surface area contributed by atoms with Crippen molar-refractivity contribution in [2.45, 2.75) is 6.92 Å². The van der Waals surface area contributed by atoms with Gasteiger partial charge in [0.2, 0.25) is 0 Å². The highest BCUT2D eigenvalue weighted by Gasteiger charge is 2.24. The van der Waals surface area contributed by atoms with Crippen LogP contribution in [0.2, 0.25) is 0 Å². The third-order valence-electron chi connectivity index (χ3n) is 2.36. The summed E-state index contributed by atoms with van der Waals surface area (Å²) in [6.45, 7) is 6.30. The summed E-state index contributed by atoms with van der Waals surface area (Å²) in [5, 5.41) is 2.14. The second kappa shape index (κ2) is 2.34. The predicted octanol–water partition coefficient (Wildman–Crippen LogP) is 4.16. The predicted molar refractivity (Wildman–Crippen MR) is 60.5 cm³/mol. The highest BCUT2D eigenvalue weighted by atomic mass is 32.1. The van der Waals surface area contributed by atoms with E-state index in [1.54, 1.807) is 0 Å². The average Bonchev–Trinajstić information content (AvgIpc) is 2.70. The molecule has 0 saturated carbocycles. The molecule has 1 aliphatic carbocycles. The minimum Gasteiger partial charge on any atom is -0.143 e. The lowest BCUT2D eigenvalue weighted by Crippen LogP contribution is -1.69. The smallest absolute Gasteiger partial charge is 0.0436 e. The summed E-state index contributed by atoms with van der Waals surface area (Å²) < 4.78 is 0. The molecule has 13 heavy (non-hydrogen) atoms. The van der Waals surface area contributed by atoms with Gasteiger partial charge in [0.25, 0.3) is 0 Å². The quantitative estimate of drug-likeness (QED) is 0.516. The van der Waals surface area contributed by atoms with E-state index in [0.29, 0.717) is 0 Å². The summed E-state index contributed by atoms with van der Waals surface area (Å²) in [5.41, 5.74) is 3.95. The van der Waals surface area contributed by atoms with E-state index in [1.165, 1.54) is 31.3 Å². The first-order chi connectivity index (χ1) is 6.27. The van der Waals surface area contributed by atoms with E-state index in [-0.39, 0.29) is 0 Å². The number of hydrogen-bond donors (Lipinski definition) is 0. The van der Waals surface area contributed by atoms with Gasteiger partial charge in [0.05, 0.1) is 0 Å². The van der Waals surface area contributed by atoms with Gasteiger partial charge in [-0.2, -0.15) is 0 Å². The topological polar surface area (TPSA) is 0 Å². The number of hydrogen-bond acceptors (Lipinski definition) is 2. The number of fused-ring (bicyclic) bond motifs is 3. The second-order valence-corrected chi connectivity index (χ2v) is 5.41. The van der Waals surface area contributed by atoms with Crippen LogP contribution in [0.3, 0.4) is 0 Å². The van der Waals surface area contributed by atoms with Gasteiger partial charge < -0.3 is 0 Å². The van der Waals surface area contributed by atoms with Gasteiger partial charge in [-0.25, -0.2) is 0 Å². The van der Waals surface area contributed by atoms with Crippen molar-refractivity contribution in [2.24, 2.45) is 0 Å². The van der Waals surface area contributed by atoms with Crippen molar-refractivity contribution in [3.63, 3.8) is 0 Å². The molecule has 0 atom stereocenters. The molecule has 0 aromatic carbocycles. The number of aryl methyl sites for hydroxylation is 1. The van der Waals surface area contributed by atoms with Crippen LogP contribution in [0.25, 0.3) is 16.0 Å². The first-order valence-corrected chi connectivity index (χ1v) is 5.85. The standard InChI is InChI=1S/C11H8S2/c1-6-5-9-10(13-6)7(2)8-3-4-12-11(8)9/h3-5H,2H2,1H3. The van der Waals surface area contributed by atoms with Gasteiger partial charge in [-0.05, 0) is 30.0 Å². The van der Waals surface area contributed by atoms with Gasteiger partial charge in [0.15, 0.2) is 0 Å². The van der Waals surface area contributed by atoms with E-state index in [4.69, 9.17) is 0 Å². The monoisotopic (exact) mass is 204 g/mol. The van der Waals surface area contributed by atoms with Crippen LogP contribution in [0.4, 0.5) is 0 Å². The third kappa shape index (κ3) is 0.847. The SMILES string of the molecule is C=C1c2ccsc2-c2cc(C)sc21. The van der Waals surface area contributed by atoms with E-state index in [1.807, 2.05) is 22.7 Å². The molecule has 2 heterocycles. The van der Waals surface area contributed by atoms with Crippen LogP contribution in [0.5, 0.6) is 0 Å². The van der Waals surface area contributed by atoms with E-state index in [0.717, 1.165) is 0 Å². The van der Waals surface area contributed by atoms with Crippen LogP contribution in [-0.4, -0.2) is 0 Å². The van der Waals surface area contributed by atoms with Crippen molar-refractivity contribution < 1.29 is 0 Å². The van der Waals surface area contributed by atoms with Crippen molar-refractivity contribution >= 4 is 28.2 Å². The van der Waals surface area contributed by atoms with Crippen LogP contribution < -0.4 is 0 Å². The maximum absolute atomic E-state index is 4.14. The fourth-order valence-electron chi connectivity index (χ4n) is 1.78. The van der Waals surface area contributed by atoms with Crippen LogP contribution >= 0.6 is 22.7 Å².